The number of carbonyl (C=O) groups excluding carboxylic acids is 2. The molecule has 180 valence electrons. The van der Waals surface area contributed by atoms with Gasteiger partial charge in [-0.3, -0.25) is 19.6 Å². The summed E-state index contributed by atoms with van der Waals surface area (Å²) in [6, 6.07) is 6.60. The molecule has 3 aromatic rings. The zero-order chi connectivity index (χ0) is 24.5. The molecule has 12 nitrogen and oxygen atoms in total. The van der Waals surface area contributed by atoms with Crippen LogP contribution in [-0.2, 0) is 9.53 Å². The minimum atomic E-state index is -1.11. The number of hydrogen-bond acceptors (Lipinski definition) is 9. The Morgan fingerprint density at radius 2 is 2.00 bits per heavy atom. The van der Waals surface area contributed by atoms with Crippen molar-refractivity contribution in [2.24, 2.45) is 11.0 Å². The smallest absolute Gasteiger partial charge is 0.357 e. The Morgan fingerprint density at radius 3 is 2.74 bits per heavy atom. The van der Waals surface area contributed by atoms with Crippen LogP contribution in [0.15, 0.2) is 65.9 Å². The van der Waals surface area contributed by atoms with Crippen LogP contribution < -0.4 is 17.0 Å². The van der Waals surface area contributed by atoms with Crippen LogP contribution in [0.1, 0.15) is 47.3 Å². The van der Waals surface area contributed by atoms with Gasteiger partial charge in [-0.05, 0) is 55.2 Å². The molecule has 2 unspecified atom stereocenters. The van der Waals surface area contributed by atoms with Crippen molar-refractivity contribution in [3.63, 3.8) is 0 Å². The molecule has 4 heterocycles. The lowest BCUT2D eigenvalue weighted by Crippen LogP contribution is -2.35. The van der Waals surface area contributed by atoms with Crippen LogP contribution in [-0.4, -0.2) is 39.2 Å². The molecule has 0 saturated heterocycles. The first kappa shape index (κ1) is 22.2. The maximum Gasteiger partial charge on any atom is 0.357 e. The lowest BCUT2D eigenvalue weighted by molar-refractivity contribution is -0.137. The van der Waals surface area contributed by atoms with Crippen molar-refractivity contribution < 1.29 is 23.2 Å². The third kappa shape index (κ3) is 4.21. The van der Waals surface area contributed by atoms with Crippen molar-refractivity contribution in [2.75, 3.05) is 12.3 Å². The molecule has 5 rings (SSSR count). The summed E-state index contributed by atoms with van der Waals surface area (Å²) in [5, 5.41) is 5.87. The molecule has 2 aliphatic rings. The van der Waals surface area contributed by atoms with Crippen molar-refractivity contribution >= 4 is 29.4 Å². The van der Waals surface area contributed by atoms with Crippen molar-refractivity contribution in [2.45, 2.75) is 25.3 Å². The van der Waals surface area contributed by atoms with Crippen LogP contribution in [0.5, 0.6) is 0 Å². The minimum Gasteiger partial charge on any atom is -0.467 e. The van der Waals surface area contributed by atoms with Crippen molar-refractivity contribution in [1.29, 1.82) is 0 Å². The number of nitrogen functional groups attached to an aromatic ring is 1. The number of hydrazone groups is 1. The number of aromatic amines is 2. The number of aromatic nitrogens is 2. The van der Waals surface area contributed by atoms with Gasteiger partial charge in [-0.2, -0.15) is 5.10 Å². The second-order valence-corrected chi connectivity index (χ2v) is 8.14. The number of H-pyrrole nitrogens is 2. The van der Waals surface area contributed by atoms with Gasteiger partial charge in [-0.25, -0.2) is 14.6 Å². The summed E-state index contributed by atoms with van der Waals surface area (Å²) in [6.45, 7) is -0.689. The molecule has 1 saturated carbocycles. The van der Waals surface area contributed by atoms with Crippen LogP contribution >= 0.6 is 0 Å². The molecule has 35 heavy (non-hydrogen) atoms. The number of anilines is 1. The van der Waals surface area contributed by atoms with Gasteiger partial charge in [0.05, 0.1) is 18.2 Å². The van der Waals surface area contributed by atoms with E-state index in [0.29, 0.717) is 11.5 Å². The highest BCUT2D eigenvalue weighted by molar-refractivity contribution is 6.08. The largest absolute Gasteiger partial charge is 0.467 e. The third-order valence-corrected chi connectivity index (χ3v) is 5.96. The van der Waals surface area contributed by atoms with Crippen LogP contribution in [0.3, 0.4) is 0 Å². The predicted molar refractivity (Wildman–Crippen MR) is 122 cm³/mol. The lowest BCUT2D eigenvalue weighted by Gasteiger charge is -2.27. The van der Waals surface area contributed by atoms with Gasteiger partial charge < -0.3 is 19.3 Å². The number of fused-ring (bicyclic) bond motifs is 1. The number of esters is 1. The van der Waals surface area contributed by atoms with Gasteiger partial charge in [-0.15, -0.1) is 0 Å². The molecule has 1 amide bonds. The fourth-order valence-electron chi connectivity index (χ4n) is 4.41. The molecule has 2 atom stereocenters. The second-order valence-electron chi connectivity index (χ2n) is 8.14. The fourth-order valence-corrected chi connectivity index (χ4v) is 4.41. The summed E-state index contributed by atoms with van der Waals surface area (Å²) in [5.74, 6) is -0.603. The van der Waals surface area contributed by atoms with E-state index in [1.165, 1.54) is 11.3 Å². The van der Waals surface area contributed by atoms with E-state index in [-0.39, 0.29) is 5.92 Å². The summed E-state index contributed by atoms with van der Waals surface area (Å²) in [4.78, 5) is 52.7. The van der Waals surface area contributed by atoms with Crippen molar-refractivity contribution in [3.8, 4) is 0 Å². The lowest BCUT2D eigenvalue weighted by atomic mass is 9.79. The van der Waals surface area contributed by atoms with Gasteiger partial charge in [0.1, 0.15) is 23.2 Å². The summed E-state index contributed by atoms with van der Waals surface area (Å²) in [6.07, 6.45) is 7.45. The monoisotopic (exact) mass is 479 g/mol. The maximum absolute atomic E-state index is 13.2. The Kier molecular flexibility index (Phi) is 5.69. The number of rotatable bonds is 5. The highest BCUT2D eigenvalue weighted by Gasteiger charge is 2.45. The van der Waals surface area contributed by atoms with E-state index in [0.717, 1.165) is 30.5 Å². The summed E-state index contributed by atoms with van der Waals surface area (Å²) in [5.41, 5.74) is 4.35. The van der Waals surface area contributed by atoms with Crippen LogP contribution in [0, 0.1) is 5.92 Å². The van der Waals surface area contributed by atoms with E-state index < -0.39 is 47.2 Å². The highest BCUT2D eigenvalue weighted by atomic mass is 16.5. The van der Waals surface area contributed by atoms with Gasteiger partial charge in [0, 0.05) is 5.92 Å². The van der Waals surface area contributed by atoms with Gasteiger partial charge in [0.15, 0.2) is 12.3 Å². The molecule has 0 aromatic carbocycles. The standard InChI is InChI=1S/C23H21N5O7/c24-17-19(25-23(32)26-21(17)30)22(31)35-11-16(29)28-20(15-7-3-9-34-15)14-6-1-4-12(18(14)27-28)10-13-5-2-8-33-13/h2-3,5,7-10,14,20H,1,4,6,11,24H2,(H2,25,26,30,32). The second kappa shape index (κ2) is 8.97. The SMILES string of the molecule is Nc1c(C(=O)OCC(=O)N2N=C3C(=Cc4ccco4)CCCC3C2c2ccco2)[nH]c(=O)[nH]c1=O. The molecule has 4 N–H and O–H groups in total. The summed E-state index contributed by atoms with van der Waals surface area (Å²) >= 11 is 0. The minimum absolute atomic E-state index is 0.115. The molecule has 3 aromatic heterocycles. The predicted octanol–water partition coefficient (Wildman–Crippen LogP) is 1.81. The molecule has 0 radical (unpaired) electrons. The van der Waals surface area contributed by atoms with E-state index in [1.807, 2.05) is 17.1 Å². The van der Waals surface area contributed by atoms with E-state index >= 15 is 0 Å². The van der Waals surface area contributed by atoms with E-state index in [9.17, 15) is 19.2 Å². The molecular formula is C23H21N5O7. The number of amides is 1. The Balaban J connectivity index is 1.41. The Morgan fingerprint density at radius 1 is 1.20 bits per heavy atom. The normalized spacial score (nSPS) is 20.5. The first-order valence-electron chi connectivity index (χ1n) is 10.9. The van der Waals surface area contributed by atoms with Gasteiger partial charge in [0.2, 0.25) is 0 Å². The molecule has 0 bridgehead atoms. The molecule has 1 aliphatic carbocycles. The first-order valence-corrected chi connectivity index (χ1v) is 10.9. The number of nitrogens with zero attached hydrogens (tertiary/aromatic N) is 2. The van der Waals surface area contributed by atoms with Crippen LogP contribution in [0.4, 0.5) is 5.69 Å². The quantitative estimate of drug-likeness (QED) is 0.464. The number of allylic oxidation sites excluding steroid dienone is 1. The molecule has 1 aliphatic heterocycles. The molecule has 0 spiro atoms. The molecule has 1 fully saturated rings. The number of furan rings is 2. The summed E-state index contributed by atoms with van der Waals surface area (Å²) < 4.78 is 16.1. The fraction of sp³-hybridized carbons (Fsp3) is 0.261. The number of nitrogens with one attached hydrogen (secondary N) is 2. The Bertz CT molecular complexity index is 1430. The van der Waals surface area contributed by atoms with Crippen LogP contribution in [0.25, 0.3) is 6.08 Å². The van der Waals surface area contributed by atoms with Gasteiger partial charge in [0.25, 0.3) is 11.5 Å². The number of nitrogens with two attached hydrogens (primary N) is 1. The van der Waals surface area contributed by atoms with E-state index in [2.05, 4.69) is 10.1 Å². The zero-order valence-corrected chi connectivity index (χ0v) is 18.4. The summed E-state index contributed by atoms with van der Waals surface area (Å²) in [7, 11) is 0. The highest BCUT2D eigenvalue weighted by Crippen LogP contribution is 2.44. The maximum atomic E-state index is 13.2. The Labute approximate surface area is 197 Å². The van der Waals surface area contributed by atoms with Gasteiger partial charge in [-0.1, -0.05) is 0 Å². The average Bonchev–Trinajstić information content (AvgIpc) is 3.60. The zero-order valence-electron chi connectivity index (χ0n) is 18.4. The topological polar surface area (TPSA) is 177 Å². The number of ether oxygens (including phenoxy) is 1. The third-order valence-electron chi connectivity index (χ3n) is 5.96. The van der Waals surface area contributed by atoms with E-state index in [1.54, 1.807) is 24.5 Å². The number of carbonyl (C=O) groups is 2. The molecule has 12 heteroatoms. The van der Waals surface area contributed by atoms with Gasteiger partial charge >= 0.3 is 11.7 Å². The average molecular weight is 479 g/mol. The Hall–Kier alpha value is -4.61. The van der Waals surface area contributed by atoms with Crippen LogP contribution in [0.2, 0.25) is 0 Å². The van der Waals surface area contributed by atoms with Crippen molar-refractivity contribution in [1.82, 2.24) is 15.0 Å². The first-order chi connectivity index (χ1) is 16.9. The van der Waals surface area contributed by atoms with E-state index in [4.69, 9.17) is 19.3 Å². The number of hydrogen-bond donors (Lipinski definition) is 3. The molecular weight excluding hydrogens is 458 g/mol. The van der Waals surface area contributed by atoms with Crippen molar-refractivity contribution in [3.05, 3.63) is 80.4 Å².